The van der Waals surface area contributed by atoms with Crippen molar-refractivity contribution in [3.05, 3.63) is 69.4 Å². The van der Waals surface area contributed by atoms with Gasteiger partial charge in [-0.25, -0.2) is 9.97 Å². The van der Waals surface area contributed by atoms with Crippen LogP contribution in [0, 0.1) is 27.7 Å². The zero-order valence-corrected chi connectivity index (χ0v) is 46.2. The van der Waals surface area contributed by atoms with E-state index in [4.69, 9.17) is 9.97 Å². The summed E-state index contributed by atoms with van der Waals surface area (Å²) in [5, 5.41) is 2.13. The standard InChI is InChI=1S/C63H100N2S2/c1-7-9-11-13-15-17-19-21-23-25-27-29-31-33-35-37-39-41-47-63(48-42-40-38-36-34-32-30-28-26-24-22-20-18-16-14-12-10-8-2)58-49-51(3)43-45-56(58)57-46-44-55(50-59(57)63)60-53(5)65-62(67-60)61-64-52(4)54(6)66-61/h43-46,49-50H,7-42,47-48H2,1-6H3. The molecule has 4 aromatic rings. The van der Waals surface area contributed by atoms with E-state index < -0.39 is 0 Å². The molecule has 0 amide bonds. The molecule has 0 saturated carbocycles. The molecule has 2 aromatic heterocycles. The number of nitrogens with zero attached hydrogens (tertiary/aromatic N) is 2. The number of aromatic nitrogens is 2. The third kappa shape index (κ3) is 18.8. The highest BCUT2D eigenvalue weighted by molar-refractivity contribution is 7.23. The van der Waals surface area contributed by atoms with E-state index in [9.17, 15) is 0 Å². The third-order valence-electron chi connectivity index (χ3n) is 15.7. The molecule has 0 unspecified atom stereocenters. The lowest BCUT2D eigenvalue weighted by Gasteiger charge is -2.33. The number of benzene rings is 2. The fourth-order valence-corrected chi connectivity index (χ4v) is 13.4. The molecule has 4 heteroatoms. The Hall–Kier alpha value is -2.30. The van der Waals surface area contributed by atoms with Crippen molar-refractivity contribution in [2.75, 3.05) is 0 Å². The van der Waals surface area contributed by atoms with Crippen LogP contribution in [0.2, 0.25) is 0 Å². The van der Waals surface area contributed by atoms with Gasteiger partial charge in [0.2, 0.25) is 0 Å². The Morgan fingerprint density at radius 2 is 0.716 bits per heavy atom. The molecule has 0 bridgehead atoms. The van der Waals surface area contributed by atoms with Crippen molar-refractivity contribution in [1.82, 2.24) is 9.97 Å². The first-order chi connectivity index (χ1) is 32.9. The number of aryl methyl sites for hydroxylation is 4. The van der Waals surface area contributed by atoms with Crippen LogP contribution >= 0.6 is 22.7 Å². The zero-order chi connectivity index (χ0) is 47.4. The number of rotatable bonds is 40. The van der Waals surface area contributed by atoms with Crippen LogP contribution in [-0.4, -0.2) is 9.97 Å². The molecule has 1 aliphatic carbocycles. The second kappa shape index (κ2) is 32.6. The Labute approximate surface area is 422 Å². The zero-order valence-electron chi connectivity index (χ0n) is 44.5. The smallest absolute Gasteiger partial charge is 0.153 e. The fourth-order valence-electron chi connectivity index (χ4n) is 11.4. The average Bonchev–Trinajstić information content (AvgIpc) is 3.97. The van der Waals surface area contributed by atoms with Crippen molar-refractivity contribution in [2.24, 2.45) is 0 Å². The summed E-state index contributed by atoms with van der Waals surface area (Å²) in [4.78, 5) is 12.6. The predicted molar refractivity (Wildman–Crippen MR) is 301 cm³/mol. The van der Waals surface area contributed by atoms with Gasteiger partial charge >= 0.3 is 0 Å². The van der Waals surface area contributed by atoms with E-state index in [1.807, 2.05) is 11.3 Å². The molecule has 5 rings (SSSR count). The largest absolute Gasteiger partial charge is 0.239 e. The lowest BCUT2D eigenvalue weighted by molar-refractivity contribution is 0.396. The Balaban J connectivity index is 1.12. The van der Waals surface area contributed by atoms with Crippen molar-refractivity contribution < 1.29 is 0 Å². The van der Waals surface area contributed by atoms with Gasteiger partial charge in [-0.15, -0.1) is 22.7 Å². The van der Waals surface area contributed by atoms with Gasteiger partial charge in [0, 0.05) is 10.3 Å². The number of unbranched alkanes of at least 4 members (excludes halogenated alkanes) is 34. The van der Waals surface area contributed by atoms with Gasteiger partial charge in [-0.2, -0.15) is 0 Å². The molecule has 67 heavy (non-hydrogen) atoms. The topological polar surface area (TPSA) is 25.8 Å². The minimum absolute atomic E-state index is 0.0851. The maximum Gasteiger partial charge on any atom is 0.153 e. The van der Waals surface area contributed by atoms with Gasteiger partial charge in [0.15, 0.2) is 10.0 Å². The van der Waals surface area contributed by atoms with Gasteiger partial charge in [-0.05, 0) is 74.4 Å². The van der Waals surface area contributed by atoms with Crippen LogP contribution in [-0.2, 0) is 5.41 Å². The highest BCUT2D eigenvalue weighted by atomic mass is 32.1. The Morgan fingerprint density at radius 1 is 0.373 bits per heavy atom. The molecule has 0 fully saturated rings. The van der Waals surface area contributed by atoms with E-state index in [-0.39, 0.29) is 5.41 Å². The van der Waals surface area contributed by atoms with E-state index in [0.717, 1.165) is 21.4 Å². The highest BCUT2D eigenvalue weighted by Crippen LogP contribution is 2.55. The maximum absolute atomic E-state index is 5.12. The van der Waals surface area contributed by atoms with E-state index in [2.05, 4.69) is 77.9 Å². The summed E-state index contributed by atoms with van der Waals surface area (Å²) in [6.45, 7) is 13.5. The van der Waals surface area contributed by atoms with Crippen LogP contribution < -0.4 is 0 Å². The molecule has 0 aliphatic heterocycles. The van der Waals surface area contributed by atoms with Crippen LogP contribution in [0.15, 0.2) is 36.4 Å². The number of hydrogen-bond acceptors (Lipinski definition) is 4. The summed E-state index contributed by atoms with van der Waals surface area (Å²) in [6, 6.07) is 14.9. The molecule has 0 atom stereocenters. The molecule has 2 aromatic carbocycles. The van der Waals surface area contributed by atoms with Gasteiger partial charge in [-0.1, -0.05) is 281 Å². The second-order valence-corrected chi connectivity index (χ2v) is 23.7. The molecule has 0 N–H and O–H groups in total. The van der Waals surface area contributed by atoms with Gasteiger partial charge in [0.05, 0.1) is 16.3 Å². The van der Waals surface area contributed by atoms with Gasteiger partial charge < -0.3 is 0 Å². The summed E-state index contributed by atoms with van der Waals surface area (Å²) in [5.74, 6) is 0. The minimum atomic E-state index is 0.0851. The average molecular weight is 950 g/mol. The molecule has 2 nitrogen and oxygen atoms in total. The first-order valence-corrected chi connectivity index (χ1v) is 30.7. The molecule has 2 heterocycles. The molecule has 1 aliphatic rings. The van der Waals surface area contributed by atoms with Crippen LogP contribution in [0.25, 0.3) is 31.6 Å². The maximum atomic E-state index is 5.12. The summed E-state index contributed by atoms with van der Waals surface area (Å²) in [5.41, 5.74) is 11.3. The van der Waals surface area contributed by atoms with Gasteiger partial charge in [-0.3, -0.25) is 0 Å². The van der Waals surface area contributed by atoms with Crippen molar-refractivity contribution >= 4 is 22.7 Å². The molecule has 0 spiro atoms. The van der Waals surface area contributed by atoms with Gasteiger partial charge in [0.25, 0.3) is 0 Å². The van der Waals surface area contributed by atoms with Crippen molar-refractivity contribution in [3.63, 3.8) is 0 Å². The first-order valence-electron chi connectivity index (χ1n) is 29.1. The number of hydrogen-bond donors (Lipinski definition) is 0. The van der Waals surface area contributed by atoms with Crippen LogP contribution in [0.5, 0.6) is 0 Å². The Bertz CT molecular complexity index is 1850. The summed E-state index contributed by atoms with van der Waals surface area (Å²) in [6.07, 6.45) is 53.9. The molecule has 374 valence electrons. The summed E-state index contributed by atoms with van der Waals surface area (Å²) < 4.78 is 0. The highest BCUT2D eigenvalue weighted by Gasteiger charge is 2.42. The van der Waals surface area contributed by atoms with Crippen LogP contribution in [0.4, 0.5) is 0 Å². The molecular formula is C63H100N2S2. The molecule has 0 saturated heterocycles. The monoisotopic (exact) mass is 949 g/mol. The van der Waals surface area contributed by atoms with E-state index in [0.29, 0.717) is 0 Å². The normalized spacial score (nSPS) is 12.9. The van der Waals surface area contributed by atoms with E-state index in [1.54, 1.807) is 22.5 Å². The lowest BCUT2D eigenvalue weighted by atomic mass is 9.70. The first kappa shape index (κ1) is 55.6. The SMILES string of the molecule is CCCCCCCCCCCCCCCCCCCCC1(CCCCCCCCCCCCCCCCCCCC)c2cc(C)ccc2-c2ccc(-c3sc(-c4nc(C)c(C)s4)nc3C)cc21. The summed E-state index contributed by atoms with van der Waals surface area (Å²) >= 11 is 3.62. The quantitative estimate of drug-likeness (QED) is 0.0415. The second-order valence-electron chi connectivity index (χ2n) is 21.5. The number of fused-ring (bicyclic) bond motifs is 3. The predicted octanol–water partition coefficient (Wildman–Crippen LogP) is 22.3. The van der Waals surface area contributed by atoms with Crippen LogP contribution in [0.3, 0.4) is 0 Å². The lowest BCUT2D eigenvalue weighted by Crippen LogP contribution is -2.25. The fraction of sp³-hybridized carbons (Fsp3) is 0.714. The Kier molecular flexibility index (Phi) is 27.0. The van der Waals surface area contributed by atoms with Crippen LogP contribution in [0.1, 0.15) is 291 Å². The minimum Gasteiger partial charge on any atom is -0.239 e. The van der Waals surface area contributed by atoms with Crippen molar-refractivity contribution in [1.29, 1.82) is 0 Å². The van der Waals surface area contributed by atoms with Crippen molar-refractivity contribution in [3.8, 4) is 31.6 Å². The molecule has 0 radical (unpaired) electrons. The third-order valence-corrected chi connectivity index (χ3v) is 18.1. The van der Waals surface area contributed by atoms with E-state index >= 15 is 0 Å². The Morgan fingerprint density at radius 3 is 1.10 bits per heavy atom. The number of thiazole rings is 2. The van der Waals surface area contributed by atoms with Gasteiger partial charge in [0.1, 0.15) is 0 Å². The summed E-state index contributed by atoms with van der Waals surface area (Å²) in [7, 11) is 0. The van der Waals surface area contributed by atoms with Crippen molar-refractivity contribution in [2.45, 2.75) is 291 Å². The molecular weight excluding hydrogens is 849 g/mol. The van der Waals surface area contributed by atoms with E-state index in [1.165, 1.54) is 276 Å².